The molecule has 3 heteroatoms. The van der Waals surface area contributed by atoms with Crippen LogP contribution in [0, 0.1) is 0 Å². The fourth-order valence-corrected chi connectivity index (χ4v) is 1.52. The highest BCUT2D eigenvalue weighted by Crippen LogP contribution is 2.26. The van der Waals surface area contributed by atoms with Gasteiger partial charge in [0.25, 0.3) is 0 Å². The van der Waals surface area contributed by atoms with Gasteiger partial charge in [0.1, 0.15) is 6.61 Å². The zero-order chi connectivity index (χ0) is 13.2. The van der Waals surface area contributed by atoms with Crippen molar-refractivity contribution in [1.29, 1.82) is 0 Å². The topological polar surface area (TPSA) is 30.5 Å². The van der Waals surface area contributed by atoms with Gasteiger partial charge in [-0.05, 0) is 37.6 Å². The van der Waals surface area contributed by atoms with Crippen LogP contribution < -0.4 is 14.8 Å². The lowest BCUT2D eigenvalue weighted by Crippen LogP contribution is -2.20. The fourth-order valence-electron chi connectivity index (χ4n) is 1.52. The molecule has 18 heavy (non-hydrogen) atoms. The maximum atomic E-state index is 5.72. The third-order valence-corrected chi connectivity index (χ3v) is 2.38. The van der Waals surface area contributed by atoms with E-state index in [0.717, 1.165) is 36.6 Å². The molecule has 1 rings (SSSR count). The fraction of sp³-hybridized carbons (Fsp3) is 0.467. The normalized spacial score (nSPS) is 10.1. The Morgan fingerprint density at radius 2 is 1.83 bits per heavy atom. The molecule has 0 heterocycles. The molecule has 0 atom stereocenters. The molecule has 0 radical (unpaired) electrons. The Hall–Kier alpha value is -1.48. The van der Waals surface area contributed by atoms with E-state index >= 15 is 0 Å². The number of hydrogen-bond acceptors (Lipinski definition) is 3. The summed E-state index contributed by atoms with van der Waals surface area (Å²) in [6, 6.07) is 7.71. The van der Waals surface area contributed by atoms with Crippen LogP contribution in [-0.2, 0) is 0 Å². The lowest BCUT2D eigenvalue weighted by Gasteiger charge is -2.13. The summed E-state index contributed by atoms with van der Waals surface area (Å²) in [5.41, 5.74) is 1.04. The molecule has 0 unspecified atom stereocenters. The summed E-state index contributed by atoms with van der Waals surface area (Å²) in [6.07, 6.45) is 1.13. The van der Waals surface area contributed by atoms with Crippen molar-refractivity contribution in [3.05, 3.63) is 36.4 Å². The van der Waals surface area contributed by atoms with Gasteiger partial charge < -0.3 is 14.8 Å². The molecule has 1 aromatic carbocycles. The van der Waals surface area contributed by atoms with Crippen LogP contribution in [0.5, 0.6) is 11.5 Å². The maximum absolute atomic E-state index is 5.72. The molecule has 1 N–H and O–H groups in total. The van der Waals surface area contributed by atoms with E-state index < -0.39 is 0 Å². The summed E-state index contributed by atoms with van der Waals surface area (Å²) in [4.78, 5) is 0. The van der Waals surface area contributed by atoms with Crippen LogP contribution in [0.1, 0.15) is 20.3 Å². The van der Waals surface area contributed by atoms with Gasteiger partial charge in [0.15, 0.2) is 11.5 Å². The molecule has 3 nitrogen and oxygen atoms in total. The molecule has 0 amide bonds. The van der Waals surface area contributed by atoms with Crippen molar-refractivity contribution < 1.29 is 9.47 Å². The zero-order valence-electron chi connectivity index (χ0n) is 11.4. The Kier molecular flexibility index (Phi) is 6.96. The standard InChI is InChI=1S/C15H23NO2/c1-4-10-16-11-13(3)12-18-15-9-7-6-8-14(15)17-5-2/h6-9,16H,3-5,10-12H2,1-2H3. The second-order valence-electron chi connectivity index (χ2n) is 4.10. The van der Waals surface area contributed by atoms with Gasteiger partial charge in [0.2, 0.25) is 0 Å². The monoisotopic (exact) mass is 249 g/mol. The Bertz CT molecular complexity index is 363. The molecule has 0 aliphatic heterocycles. The van der Waals surface area contributed by atoms with Crippen molar-refractivity contribution in [2.75, 3.05) is 26.3 Å². The second-order valence-corrected chi connectivity index (χ2v) is 4.10. The lowest BCUT2D eigenvalue weighted by atomic mass is 10.3. The summed E-state index contributed by atoms with van der Waals surface area (Å²) < 4.78 is 11.2. The van der Waals surface area contributed by atoms with Gasteiger partial charge in [-0.3, -0.25) is 0 Å². The van der Waals surface area contributed by atoms with Crippen LogP contribution in [0.25, 0.3) is 0 Å². The van der Waals surface area contributed by atoms with Crippen molar-refractivity contribution >= 4 is 0 Å². The van der Waals surface area contributed by atoms with Crippen molar-refractivity contribution in [1.82, 2.24) is 5.32 Å². The number of para-hydroxylation sites is 2. The van der Waals surface area contributed by atoms with Crippen LogP contribution in [0.15, 0.2) is 36.4 Å². The number of ether oxygens (including phenoxy) is 2. The molecular formula is C15H23NO2. The van der Waals surface area contributed by atoms with E-state index in [9.17, 15) is 0 Å². The second kappa shape index (κ2) is 8.59. The van der Waals surface area contributed by atoms with Gasteiger partial charge in [-0.15, -0.1) is 0 Å². The first kappa shape index (κ1) is 14.6. The molecule has 0 spiro atoms. The first-order valence-electron chi connectivity index (χ1n) is 6.49. The van der Waals surface area contributed by atoms with E-state index in [1.54, 1.807) is 0 Å². The molecule has 0 aliphatic rings. The Morgan fingerprint density at radius 3 is 2.44 bits per heavy atom. The quantitative estimate of drug-likeness (QED) is 0.539. The van der Waals surface area contributed by atoms with Crippen LogP contribution in [-0.4, -0.2) is 26.3 Å². The minimum absolute atomic E-state index is 0.515. The van der Waals surface area contributed by atoms with E-state index in [4.69, 9.17) is 9.47 Å². The van der Waals surface area contributed by atoms with Gasteiger partial charge in [0, 0.05) is 6.54 Å². The molecule has 0 aromatic heterocycles. The van der Waals surface area contributed by atoms with Gasteiger partial charge in [-0.25, -0.2) is 0 Å². The number of nitrogens with one attached hydrogen (secondary N) is 1. The molecule has 0 saturated heterocycles. The van der Waals surface area contributed by atoms with Crippen molar-refractivity contribution in [3.63, 3.8) is 0 Å². The van der Waals surface area contributed by atoms with E-state index in [2.05, 4.69) is 18.8 Å². The minimum Gasteiger partial charge on any atom is -0.490 e. The van der Waals surface area contributed by atoms with Crippen molar-refractivity contribution in [2.24, 2.45) is 0 Å². The molecular weight excluding hydrogens is 226 g/mol. The molecule has 0 aliphatic carbocycles. The van der Waals surface area contributed by atoms with Gasteiger partial charge in [0.05, 0.1) is 6.61 Å². The van der Waals surface area contributed by atoms with Crippen LogP contribution in [0.2, 0.25) is 0 Å². The van der Waals surface area contributed by atoms with Crippen LogP contribution in [0.3, 0.4) is 0 Å². The Balaban J connectivity index is 2.40. The van der Waals surface area contributed by atoms with Crippen molar-refractivity contribution in [2.45, 2.75) is 20.3 Å². The highest BCUT2D eigenvalue weighted by atomic mass is 16.5. The highest BCUT2D eigenvalue weighted by molar-refractivity contribution is 5.39. The molecule has 0 saturated carbocycles. The molecule has 100 valence electrons. The predicted molar refractivity (Wildman–Crippen MR) is 75.4 cm³/mol. The third-order valence-electron chi connectivity index (χ3n) is 2.38. The summed E-state index contributed by atoms with van der Waals surface area (Å²) in [6.45, 7) is 11.1. The smallest absolute Gasteiger partial charge is 0.161 e. The summed E-state index contributed by atoms with van der Waals surface area (Å²) in [7, 11) is 0. The summed E-state index contributed by atoms with van der Waals surface area (Å²) in [5.74, 6) is 1.56. The predicted octanol–water partition coefficient (Wildman–Crippen LogP) is 3.02. The van der Waals surface area contributed by atoms with Gasteiger partial charge in [-0.1, -0.05) is 25.6 Å². The van der Waals surface area contributed by atoms with Crippen molar-refractivity contribution in [3.8, 4) is 11.5 Å². The average Bonchev–Trinajstić information content (AvgIpc) is 2.38. The summed E-state index contributed by atoms with van der Waals surface area (Å²) in [5, 5.41) is 3.30. The number of hydrogen-bond donors (Lipinski definition) is 1. The SMILES string of the molecule is C=C(CNCCC)COc1ccccc1OCC. The molecule has 1 aromatic rings. The largest absolute Gasteiger partial charge is 0.490 e. The Morgan fingerprint density at radius 1 is 1.17 bits per heavy atom. The lowest BCUT2D eigenvalue weighted by molar-refractivity contribution is 0.292. The third kappa shape index (κ3) is 5.23. The first-order valence-corrected chi connectivity index (χ1v) is 6.49. The Labute approximate surface area is 110 Å². The number of benzene rings is 1. The minimum atomic E-state index is 0.515. The van der Waals surface area contributed by atoms with Crippen LogP contribution >= 0.6 is 0 Å². The maximum Gasteiger partial charge on any atom is 0.161 e. The number of rotatable bonds is 9. The highest BCUT2D eigenvalue weighted by Gasteiger charge is 2.03. The van der Waals surface area contributed by atoms with E-state index in [1.807, 2.05) is 31.2 Å². The van der Waals surface area contributed by atoms with E-state index in [0.29, 0.717) is 13.2 Å². The molecule has 0 bridgehead atoms. The van der Waals surface area contributed by atoms with Gasteiger partial charge in [-0.2, -0.15) is 0 Å². The molecule has 0 fully saturated rings. The zero-order valence-corrected chi connectivity index (χ0v) is 11.4. The average molecular weight is 249 g/mol. The van der Waals surface area contributed by atoms with E-state index in [-0.39, 0.29) is 0 Å². The van der Waals surface area contributed by atoms with Crippen LogP contribution in [0.4, 0.5) is 0 Å². The van der Waals surface area contributed by atoms with E-state index in [1.165, 1.54) is 0 Å². The first-order chi connectivity index (χ1) is 8.77. The summed E-state index contributed by atoms with van der Waals surface area (Å²) >= 11 is 0. The van der Waals surface area contributed by atoms with Gasteiger partial charge >= 0.3 is 0 Å².